The largest absolute Gasteiger partial charge is 0.466 e. The van der Waals surface area contributed by atoms with Gasteiger partial charge in [-0.3, -0.25) is 4.68 Å². The van der Waals surface area contributed by atoms with E-state index in [4.69, 9.17) is 4.42 Å². The molecular weight excluding hydrogens is 250 g/mol. The quantitative estimate of drug-likeness (QED) is 0.880. The van der Waals surface area contributed by atoms with Crippen molar-refractivity contribution in [2.75, 3.05) is 6.54 Å². The second-order valence-corrected chi connectivity index (χ2v) is 5.49. The smallest absolute Gasteiger partial charge is 0.106 e. The summed E-state index contributed by atoms with van der Waals surface area (Å²) in [4.78, 5) is 0. The first-order valence-electron chi connectivity index (χ1n) is 7.30. The van der Waals surface area contributed by atoms with Crippen molar-refractivity contribution in [2.24, 2.45) is 7.05 Å². The van der Waals surface area contributed by atoms with Crippen LogP contribution in [0.15, 0.2) is 16.8 Å². The van der Waals surface area contributed by atoms with Gasteiger partial charge in [-0.25, -0.2) is 0 Å². The number of hydrogen-bond donors (Lipinski definition) is 1. The van der Waals surface area contributed by atoms with Crippen LogP contribution in [-0.4, -0.2) is 16.3 Å². The van der Waals surface area contributed by atoms with Gasteiger partial charge in [0.05, 0.1) is 6.20 Å². The Labute approximate surface area is 121 Å². The molecule has 1 N–H and O–H groups in total. The fourth-order valence-electron chi connectivity index (χ4n) is 2.73. The van der Waals surface area contributed by atoms with E-state index in [9.17, 15) is 0 Å². The molecule has 0 aromatic carbocycles. The Morgan fingerprint density at radius 2 is 2.05 bits per heavy atom. The molecule has 0 radical (unpaired) electrons. The zero-order valence-corrected chi connectivity index (χ0v) is 13.2. The van der Waals surface area contributed by atoms with Crippen LogP contribution in [0, 0.1) is 20.8 Å². The van der Waals surface area contributed by atoms with E-state index in [-0.39, 0.29) is 6.04 Å². The summed E-state index contributed by atoms with van der Waals surface area (Å²) in [6.45, 7) is 9.43. The van der Waals surface area contributed by atoms with E-state index in [1.165, 1.54) is 16.7 Å². The molecule has 2 aromatic heterocycles. The average molecular weight is 275 g/mol. The first-order valence-corrected chi connectivity index (χ1v) is 7.30. The lowest BCUT2D eigenvalue weighted by atomic mass is 9.97. The van der Waals surface area contributed by atoms with E-state index in [1.807, 2.05) is 24.9 Å². The van der Waals surface area contributed by atoms with Gasteiger partial charge in [-0.05, 0) is 51.3 Å². The van der Waals surface area contributed by atoms with Crippen LogP contribution in [0.1, 0.15) is 47.6 Å². The topological polar surface area (TPSA) is 43.0 Å². The monoisotopic (exact) mass is 275 g/mol. The van der Waals surface area contributed by atoms with E-state index in [0.29, 0.717) is 0 Å². The second-order valence-electron chi connectivity index (χ2n) is 5.49. The molecule has 0 saturated carbocycles. The minimum Gasteiger partial charge on any atom is -0.466 e. The van der Waals surface area contributed by atoms with Gasteiger partial charge in [0.15, 0.2) is 0 Å². The molecule has 1 atom stereocenters. The van der Waals surface area contributed by atoms with Crippen LogP contribution in [0.2, 0.25) is 0 Å². The molecule has 20 heavy (non-hydrogen) atoms. The first kappa shape index (κ1) is 14.9. The molecule has 0 fully saturated rings. The number of furan rings is 1. The van der Waals surface area contributed by atoms with Crippen molar-refractivity contribution in [3.8, 4) is 0 Å². The van der Waals surface area contributed by atoms with Crippen molar-refractivity contribution in [1.29, 1.82) is 0 Å². The molecular formula is C16H25N3O. The van der Waals surface area contributed by atoms with Crippen LogP contribution < -0.4 is 5.32 Å². The Morgan fingerprint density at radius 1 is 1.30 bits per heavy atom. The summed E-state index contributed by atoms with van der Waals surface area (Å²) in [5.74, 6) is 2.05. The maximum absolute atomic E-state index is 5.79. The zero-order valence-electron chi connectivity index (χ0n) is 13.2. The molecule has 0 bridgehead atoms. The molecule has 0 amide bonds. The Hall–Kier alpha value is -1.55. The lowest BCUT2D eigenvalue weighted by molar-refractivity contribution is 0.480. The maximum atomic E-state index is 5.79. The summed E-state index contributed by atoms with van der Waals surface area (Å²) in [6, 6.07) is 0.289. The molecule has 2 heterocycles. The standard InChI is InChI=1S/C16H25N3O/c1-6-7-17-15(8-14-9-18-19(5)10-14)16-11(2)12(3)20-13(16)4/h9-10,15,17H,6-8H2,1-5H3. The van der Waals surface area contributed by atoms with Gasteiger partial charge in [-0.15, -0.1) is 0 Å². The summed E-state index contributed by atoms with van der Waals surface area (Å²) in [5, 5.41) is 7.90. The van der Waals surface area contributed by atoms with Crippen LogP contribution >= 0.6 is 0 Å². The number of hydrogen-bond acceptors (Lipinski definition) is 3. The van der Waals surface area contributed by atoms with Gasteiger partial charge >= 0.3 is 0 Å². The van der Waals surface area contributed by atoms with Crippen LogP contribution in [-0.2, 0) is 13.5 Å². The predicted octanol–water partition coefficient (Wildman–Crippen LogP) is 3.22. The third-order valence-corrected chi connectivity index (χ3v) is 3.80. The molecule has 4 heteroatoms. The molecule has 1 unspecified atom stereocenters. The summed E-state index contributed by atoms with van der Waals surface area (Å²) in [7, 11) is 1.95. The number of aryl methyl sites for hydroxylation is 3. The van der Waals surface area contributed by atoms with Gasteiger partial charge in [0.1, 0.15) is 11.5 Å². The van der Waals surface area contributed by atoms with Gasteiger partial charge in [-0.1, -0.05) is 6.92 Å². The van der Waals surface area contributed by atoms with Gasteiger partial charge < -0.3 is 9.73 Å². The Bertz CT molecular complexity index is 568. The number of aromatic nitrogens is 2. The molecule has 4 nitrogen and oxygen atoms in total. The highest BCUT2D eigenvalue weighted by molar-refractivity contribution is 5.35. The van der Waals surface area contributed by atoms with Crippen molar-refractivity contribution in [3.63, 3.8) is 0 Å². The highest BCUT2D eigenvalue weighted by Gasteiger charge is 2.21. The summed E-state index contributed by atoms with van der Waals surface area (Å²) < 4.78 is 7.64. The number of nitrogens with zero attached hydrogens (tertiary/aromatic N) is 2. The molecule has 0 aliphatic rings. The molecule has 110 valence electrons. The van der Waals surface area contributed by atoms with Crippen molar-refractivity contribution in [3.05, 3.63) is 40.6 Å². The van der Waals surface area contributed by atoms with Crippen LogP contribution in [0.4, 0.5) is 0 Å². The highest BCUT2D eigenvalue weighted by atomic mass is 16.3. The van der Waals surface area contributed by atoms with Gasteiger partial charge in [-0.2, -0.15) is 5.10 Å². The lowest BCUT2D eigenvalue weighted by Gasteiger charge is -2.18. The zero-order chi connectivity index (χ0) is 14.7. The molecule has 0 aliphatic carbocycles. The van der Waals surface area contributed by atoms with Gasteiger partial charge in [0.2, 0.25) is 0 Å². The summed E-state index contributed by atoms with van der Waals surface area (Å²) >= 11 is 0. The van der Waals surface area contributed by atoms with Gasteiger partial charge in [0.25, 0.3) is 0 Å². The maximum Gasteiger partial charge on any atom is 0.106 e. The van der Waals surface area contributed by atoms with Crippen molar-refractivity contribution >= 4 is 0 Å². The van der Waals surface area contributed by atoms with Gasteiger partial charge in [0, 0.05) is 24.8 Å². The molecule has 2 rings (SSSR count). The summed E-state index contributed by atoms with van der Waals surface area (Å²) in [5.41, 5.74) is 3.82. The predicted molar refractivity (Wildman–Crippen MR) is 80.9 cm³/mol. The van der Waals surface area contributed by atoms with Crippen molar-refractivity contribution in [2.45, 2.75) is 46.6 Å². The van der Waals surface area contributed by atoms with E-state index >= 15 is 0 Å². The molecule has 0 aliphatic heterocycles. The molecule has 0 spiro atoms. The molecule has 2 aromatic rings. The SMILES string of the molecule is CCCNC(Cc1cnn(C)c1)c1c(C)oc(C)c1C. The average Bonchev–Trinajstić information content (AvgIpc) is 2.90. The van der Waals surface area contributed by atoms with Crippen molar-refractivity contribution in [1.82, 2.24) is 15.1 Å². The first-order chi connectivity index (χ1) is 9.52. The van der Waals surface area contributed by atoms with E-state index < -0.39 is 0 Å². The van der Waals surface area contributed by atoms with Crippen LogP contribution in [0.3, 0.4) is 0 Å². The highest BCUT2D eigenvalue weighted by Crippen LogP contribution is 2.29. The third kappa shape index (κ3) is 3.12. The van der Waals surface area contributed by atoms with Crippen LogP contribution in [0.5, 0.6) is 0 Å². The van der Waals surface area contributed by atoms with E-state index in [2.05, 4.69) is 37.4 Å². The lowest BCUT2D eigenvalue weighted by Crippen LogP contribution is -2.25. The third-order valence-electron chi connectivity index (χ3n) is 3.80. The Kier molecular flexibility index (Phi) is 4.65. The Balaban J connectivity index is 2.26. The van der Waals surface area contributed by atoms with Crippen LogP contribution in [0.25, 0.3) is 0 Å². The number of nitrogens with one attached hydrogen (secondary N) is 1. The second kappa shape index (κ2) is 6.27. The minimum atomic E-state index is 0.289. The fourth-order valence-corrected chi connectivity index (χ4v) is 2.73. The molecule has 0 saturated heterocycles. The normalized spacial score (nSPS) is 12.8. The fraction of sp³-hybridized carbons (Fsp3) is 0.562. The Morgan fingerprint density at radius 3 is 2.55 bits per heavy atom. The van der Waals surface area contributed by atoms with E-state index in [0.717, 1.165) is 30.9 Å². The number of rotatable bonds is 6. The van der Waals surface area contributed by atoms with Crippen molar-refractivity contribution < 1.29 is 4.42 Å². The minimum absolute atomic E-state index is 0.289. The summed E-state index contributed by atoms with van der Waals surface area (Å²) in [6.07, 6.45) is 6.09. The van der Waals surface area contributed by atoms with E-state index in [1.54, 1.807) is 0 Å².